The summed E-state index contributed by atoms with van der Waals surface area (Å²) in [7, 11) is 0. The van der Waals surface area contributed by atoms with Crippen LogP contribution in [-0.4, -0.2) is 58.7 Å². The van der Waals surface area contributed by atoms with Gasteiger partial charge in [-0.05, 0) is 86.8 Å². The summed E-state index contributed by atoms with van der Waals surface area (Å²) in [6, 6.07) is 11.8. The number of aromatic nitrogens is 2. The zero-order valence-electron chi connectivity index (χ0n) is 23.9. The monoisotopic (exact) mass is 558 g/mol. The number of rotatable bonds is 8. The highest BCUT2D eigenvalue weighted by molar-refractivity contribution is 6.05. The maximum atomic E-state index is 13.3. The van der Waals surface area contributed by atoms with Crippen LogP contribution in [0.5, 0.6) is 5.75 Å². The van der Waals surface area contributed by atoms with Gasteiger partial charge in [0.05, 0.1) is 30.4 Å². The van der Waals surface area contributed by atoms with E-state index in [4.69, 9.17) is 9.47 Å². The first-order valence-electron chi connectivity index (χ1n) is 15.5. The molecule has 2 amide bonds. The molecule has 0 unspecified atom stereocenters. The second-order valence-electron chi connectivity index (χ2n) is 12.0. The van der Waals surface area contributed by atoms with Crippen molar-refractivity contribution in [2.75, 3.05) is 31.6 Å². The first-order valence-corrected chi connectivity index (χ1v) is 15.5. The molecule has 3 aromatic rings. The van der Waals surface area contributed by atoms with Gasteiger partial charge in [0, 0.05) is 44.1 Å². The highest BCUT2D eigenvalue weighted by atomic mass is 16.5. The number of carbonyl (C=O) groups is 2. The molecule has 0 spiro atoms. The molecule has 1 saturated heterocycles. The SMILES string of the molecule is O=C(CC1CCCCC1)Nc1ccc(OC2CCC(Cn3cc(C(=O)N4CCOCC4)c4ncccc43)CC2)cc1. The lowest BCUT2D eigenvalue weighted by molar-refractivity contribution is -0.117. The Hall–Kier alpha value is -3.39. The molecular weight excluding hydrogens is 516 g/mol. The van der Waals surface area contributed by atoms with Crippen LogP contribution in [0.25, 0.3) is 11.0 Å². The summed E-state index contributed by atoms with van der Waals surface area (Å²) in [4.78, 5) is 32.2. The van der Waals surface area contributed by atoms with Crippen molar-refractivity contribution in [3.05, 3.63) is 54.4 Å². The molecule has 3 aliphatic rings. The minimum atomic E-state index is 0.0441. The molecule has 8 nitrogen and oxygen atoms in total. The van der Waals surface area contributed by atoms with Gasteiger partial charge in [-0.25, -0.2) is 0 Å². The molecule has 2 aliphatic carbocycles. The van der Waals surface area contributed by atoms with Crippen LogP contribution in [0.4, 0.5) is 5.69 Å². The Balaban J connectivity index is 0.999. The van der Waals surface area contributed by atoms with Crippen LogP contribution in [-0.2, 0) is 16.1 Å². The van der Waals surface area contributed by atoms with Crippen LogP contribution in [0.15, 0.2) is 48.8 Å². The molecule has 3 heterocycles. The van der Waals surface area contributed by atoms with Crippen LogP contribution in [0, 0.1) is 11.8 Å². The Morgan fingerprint density at radius 2 is 1.68 bits per heavy atom. The van der Waals surface area contributed by atoms with E-state index in [1.54, 1.807) is 6.20 Å². The van der Waals surface area contributed by atoms with Crippen molar-refractivity contribution in [2.24, 2.45) is 11.8 Å². The molecule has 8 heteroatoms. The van der Waals surface area contributed by atoms with Crippen LogP contribution >= 0.6 is 0 Å². The predicted molar refractivity (Wildman–Crippen MR) is 159 cm³/mol. The van der Waals surface area contributed by atoms with E-state index in [-0.39, 0.29) is 17.9 Å². The number of hydrogen-bond donors (Lipinski definition) is 1. The normalized spacial score (nSPS) is 22.0. The highest BCUT2D eigenvalue weighted by Gasteiger charge is 2.26. The molecule has 0 bridgehead atoms. The van der Waals surface area contributed by atoms with Crippen molar-refractivity contribution in [3.63, 3.8) is 0 Å². The predicted octanol–water partition coefficient (Wildman–Crippen LogP) is 6.06. The van der Waals surface area contributed by atoms with Gasteiger partial charge < -0.3 is 24.3 Å². The smallest absolute Gasteiger partial charge is 0.257 e. The number of nitrogens with one attached hydrogen (secondary N) is 1. The Labute approximate surface area is 242 Å². The molecule has 2 aromatic heterocycles. The summed E-state index contributed by atoms with van der Waals surface area (Å²) in [6.07, 6.45) is 14.9. The third kappa shape index (κ3) is 6.92. The van der Waals surface area contributed by atoms with Gasteiger partial charge in [-0.1, -0.05) is 19.3 Å². The van der Waals surface area contributed by atoms with Crippen LogP contribution in [0.2, 0.25) is 0 Å². The number of carbonyl (C=O) groups excluding carboxylic acids is 2. The van der Waals surface area contributed by atoms with Crippen molar-refractivity contribution < 1.29 is 19.1 Å². The van der Waals surface area contributed by atoms with E-state index in [0.29, 0.717) is 50.1 Å². The molecule has 6 rings (SSSR count). The molecule has 0 radical (unpaired) electrons. The van der Waals surface area contributed by atoms with Gasteiger partial charge in [-0.15, -0.1) is 0 Å². The van der Waals surface area contributed by atoms with Gasteiger partial charge in [-0.2, -0.15) is 0 Å². The van der Waals surface area contributed by atoms with Crippen LogP contribution < -0.4 is 10.1 Å². The van der Waals surface area contributed by atoms with Crippen molar-refractivity contribution in [1.29, 1.82) is 0 Å². The summed E-state index contributed by atoms with van der Waals surface area (Å²) in [5.74, 6) is 2.08. The molecule has 2 saturated carbocycles. The number of fused-ring (bicyclic) bond motifs is 1. The number of nitrogens with zero attached hydrogens (tertiary/aromatic N) is 3. The zero-order chi connectivity index (χ0) is 28.0. The van der Waals surface area contributed by atoms with Crippen LogP contribution in [0.1, 0.15) is 74.6 Å². The fourth-order valence-corrected chi connectivity index (χ4v) is 6.75. The number of morpholine rings is 1. The average Bonchev–Trinajstić information content (AvgIpc) is 3.38. The maximum Gasteiger partial charge on any atom is 0.257 e. The topological polar surface area (TPSA) is 85.7 Å². The van der Waals surface area contributed by atoms with Crippen molar-refractivity contribution in [3.8, 4) is 5.75 Å². The lowest BCUT2D eigenvalue weighted by atomic mass is 9.87. The Bertz CT molecular complexity index is 1320. The lowest BCUT2D eigenvalue weighted by Gasteiger charge is -2.29. The second kappa shape index (κ2) is 13.1. The van der Waals surface area contributed by atoms with E-state index < -0.39 is 0 Å². The number of hydrogen-bond acceptors (Lipinski definition) is 5. The minimum absolute atomic E-state index is 0.0441. The van der Waals surface area contributed by atoms with Gasteiger partial charge in [0.1, 0.15) is 11.3 Å². The zero-order valence-corrected chi connectivity index (χ0v) is 23.9. The van der Waals surface area contributed by atoms with Gasteiger partial charge >= 0.3 is 0 Å². The second-order valence-corrected chi connectivity index (χ2v) is 12.0. The van der Waals surface area contributed by atoms with E-state index in [9.17, 15) is 9.59 Å². The fraction of sp³-hybridized carbons (Fsp3) is 0.545. The summed E-state index contributed by atoms with van der Waals surface area (Å²) >= 11 is 0. The standard InChI is InChI=1S/C33H42N4O4/c38-31(21-24-5-2-1-3-6-24)35-26-10-14-28(15-11-26)41-27-12-8-25(9-13-27)22-37-23-29(32-30(37)7-4-16-34-32)33(39)36-17-19-40-20-18-36/h4,7,10-11,14-16,23-25,27H,1-3,5-6,8-9,12-13,17-22H2,(H,35,38). The number of amides is 2. The number of benzene rings is 1. The number of anilines is 1. The molecule has 1 N–H and O–H groups in total. The summed E-state index contributed by atoms with van der Waals surface area (Å²) in [6.45, 7) is 3.30. The highest BCUT2D eigenvalue weighted by Crippen LogP contribution is 2.31. The van der Waals surface area contributed by atoms with Gasteiger partial charge in [0.15, 0.2) is 0 Å². The van der Waals surface area contributed by atoms with Crippen molar-refractivity contribution in [1.82, 2.24) is 14.5 Å². The first-order chi connectivity index (χ1) is 20.1. The van der Waals surface area contributed by atoms with E-state index in [1.165, 1.54) is 32.1 Å². The van der Waals surface area contributed by atoms with Gasteiger partial charge in [0.25, 0.3) is 5.91 Å². The summed E-state index contributed by atoms with van der Waals surface area (Å²) in [5, 5.41) is 3.06. The van der Waals surface area contributed by atoms with Crippen LogP contribution in [0.3, 0.4) is 0 Å². The third-order valence-corrected chi connectivity index (χ3v) is 9.05. The Kier molecular flexibility index (Phi) is 8.85. The van der Waals surface area contributed by atoms with Crippen molar-refractivity contribution in [2.45, 2.75) is 76.9 Å². The first kappa shape index (κ1) is 27.8. The Morgan fingerprint density at radius 1 is 0.927 bits per heavy atom. The molecule has 218 valence electrons. The van der Waals surface area contributed by atoms with Crippen molar-refractivity contribution >= 4 is 28.5 Å². The maximum absolute atomic E-state index is 13.3. The molecule has 1 aliphatic heterocycles. The largest absolute Gasteiger partial charge is 0.490 e. The fourth-order valence-electron chi connectivity index (χ4n) is 6.75. The number of ether oxygens (including phenoxy) is 2. The van der Waals surface area contributed by atoms with Gasteiger partial charge in [-0.3, -0.25) is 14.6 Å². The summed E-state index contributed by atoms with van der Waals surface area (Å²) < 4.78 is 14.0. The van der Waals surface area contributed by atoms with Gasteiger partial charge in [0.2, 0.25) is 5.91 Å². The lowest BCUT2D eigenvalue weighted by Crippen LogP contribution is -2.40. The minimum Gasteiger partial charge on any atom is -0.490 e. The molecule has 0 atom stereocenters. The third-order valence-electron chi connectivity index (χ3n) is 9.05. The van der Waals surface area contributed by atoms with E-state index in [2.05, 4.69) is 20.9 Å². The average molecular weight is 559 g/mol. The summed E-state index contributed by atoms with van der Waals surface area (Å²) in [5.41, 5.74) is 3.33. The Morgan fingerprint density at radius 3 is 2.44 bits per heavy atom. The molecule has 3 fully saturated rings. The van der Waals surface area contributed by atoms with E-state index >= 15 is 0 Å². The van der Waals surface area contributed by atoms with E-state index in [0.717, 1.165) is 54.7 Å². The number of pyridine rings is 1. The molecular formula is C33H42N4O4. The van der Waals surface area contributed by atoms with E-state index in [1.807, 2.05) is 41.4 Å². The quantitative estimate of drug-likeness (QED) is 0.364. The molecule has 41 heavy (non-hydrogen) atoms. The molecule has 1 aromatic carbocycles.